The first-order chi connectivity index (χ1) is 9.63. The van der Waals surface area contributed by atoms with E-state index in [0.29, 0.717) is 22.2 Å². The lowest BCUT2D eigenvalue weighted by Crippen LogP contribution is -2.14. The molecule has 0 bridgehead atoms. The summed E-state index contributed by atoms with van der Waals surface area (Å²) in [7, 11) is 0. The van der Waals surface area contributed by atoms with Crippen molar-refractivity contribution >= 4 is 17.4 Å². The molecule has 1 aliphatic rings. The molecule has 0 aliphatic heterocycles. The van der Waals surface area contributed by atoms with E-state index in [4.69, 9.17) is 27.5 Å². The van der Waals surface area contributed by atoms with Gasteiger partial charge >= 0.3 is 0 Å². The van der Waals surface area contributed by atoms with Crippen LogP contribution in [0.4, 0.5) is 0 Å². The van der Waals surface area contributed by atoms with Crippen LogP contribution in [-0.4, -0.2) is 15.8 Å². The first-order valence-electron chi connectivity index (χ1n) is 6.29. The first kappa shape index (κ1) is 12.9. The predicted octanol–water partition coefficient (Wildman–Crippen LogP) is 2.70. The number of hydrogen-bond donors (Lipinski definition) is 2. The molecule has 102 valence electrons. The van der Waals surface area contributed by atoms with E-state index in [-0.39, 0.29) is 5.84 Å². The molecular formula is C14H13ClN4O. The van der Waals surface area contributed by atoms with Crippen LogP contribution in [0.15, 0.2) is 24.5 Å². The SMILES string of the molecule is N=C(N)c1cc2c(nc1Oc1cncc(Cl)c1)CCC2. The summed E-state index contributed by atoms with van der Waals surface area (Å²) < 4.78 is 5.70. The number of aromatic nitrogens is 2. The normalized spacial score (nSPS) is 13.1. The van der Waals surface area contributed by atoms with Crippen LogP contribution in [0.25, 0.3) is 0 Å². The van der Waals surface area contributed by atoms with Gasteiger partial charge in [-0.3, -0.25) is 10.4 Å². The maximum Gasteiger partial charge on any atom is 0.230 e. The molecule has 0 saturated carbocycles. The number of aryl methyl sites for hydroxylation is 2. The summed E-state index contributed by atoms with van der Waals surface area (Å²) in [5.74, 6) is 0.754. The monoisotopic (exact) mass is 288 g/mol. The van der Waals surface area contributed by atoms with E-state index in [0.717, 1.165) is 30.5 Å². The Bertz CT molecular complexity index is 687. The molecule has 0 atom stereocenters. The standard InChI is InChI=1S/C14H13ClN4O/c15-9-5-10(7-18-6-9)20-14-11(13(16)17)4-8-2-1-3-12(8)19-14/h4-7H,1-3H2,(H3,16,17). The number of nitrogen functional groups attached to an aromatic ring is 1. The van der Waals surface area contributed by atoms with Gasteiger partial charge in [-0.05, 0) is 30.9 Å². The van der Waals surface area contributed by atoms with Crippen molar-refractivity contribution in [2.45, 2.75) is 19.3 Å². The second kappa shape index (κ2) is 5.09. The molecular weight excluding hydrogens is 276 g/mol. The van der Waals surface area contributed by atoms with E-state index < -0.39 is 0 Å². The zero-order valence-electron chi connectivity index (χ0n) is 10.7. The van der Waals surface area contributed by atoms with E-state index >= 15 is 0 Å². The number of ether oxygens (including phenoxy) is 1. The van der Waals surface area contributed by atoms with Crippen molar-refractivity contribution in [3.05, 3.63) is 46.4 Å². The smallest absolute Gasteiger partial charge is 0.230 e. The minimum atomic E-state index is -0.0582. The zero-order chi connectivity index (χ0) is 14.1. The summed E-state index contributed by atoms with van der Waals surface area (Å²) in [4.78, 5) is 8.44. The van der Waals surface area contributed by atoms with Crippen LogP contribution in [0.5, 0.6) is 11.6 Å². The van der Waals surface area contributed by atoms with Gasteiger partial charge in [0.2, 0.25) is 5.88 Å². The highest BCUT2D eigenvalue weighted by Gasteiger charge is 2.19. The Morgan fingerprint density at radius 2 is 2.15 bits per heavy atom. The van der Waals surface area contributed by atoms with Crippen molar-refractivity contribution in [2.24, 2.45) is 5.73 Å². The average Bonchev–Trinajstić information content (AvgIpc) is 2.84. The molecule has 0 amide bonds. The number of nitrogens with two attached hydrogens (primary N) is 1. The highest BCUT2D eigenvalue weighted by molar-refractivity contribution is 6.30. The van der Waals surface area contributed by atoms with Crippen LogP contribution in [0.1, 0.15) is 23.2 Å². The van der Waals surface area contributed by atoms with Crippen LogP contribution in [-0.2, 0) is 12.8 Å². The Morgan fingerprint density at radius 1 is 1.30 bits per heavy atom. The average molecular weight is 289 g/mol. The van der Waals surface area contributed by atoms with Crippen molar-refractivity contribution in [3.63, 3.8) is 0 Å². The molecule has 0 aromatic carbocycles. The molecule has 1 aliphatic carbocycles. The maximum atomic E-state index is 7.66. The van der Waals surface area contributed by atoms with Crippen molar-refractivity contribution in [1.29, 1.82) is 5.41 Å². The first-order valence-corrected chi connectivity index (χ1v) is 6.67. The Morgan fingerprint density at radius 3 is 2.90 bits per heavy atom. The van der Waals surface area contributed by atoms with Gasteiger partial charge in [0.15, 0.2) is 0 Å². The van der Waals surface area contributed by atoms with Gasteiger partial charge in [0.05, 0.1) is 16.8 Å². The summed E-state index contributed by atoms with van der Waals surface area (Å²) in [6, 6.07) is 3.54. The molecule has 5 nitrogen and oxygen atoms in total. The second-order valence-corrected chi connectivity index (χ2v) is 5.09. The van der Waals surface area contributed by atoms with Gasteiger partial charge < -0.3 is 10.5 Å². The molecule has 0 saturated heterocycles. The lowest BCUT2D eigenvalue weighted by atomic mass is 10.1. The second-order valence-electron chi connectivity index (χ2n) is 4.66. The third-order valence-electron chi connectivity index (χ3n) is 3.20. The zero-order valence-corrected chi connectivity index (χ0v) is 11.4. The third-order valence-corrected chi connectivity index (χ3v) is 3.41. The highest BCUT2D eigenvalue weighted by Crippen LogP contribution is 2.29. The lowest BCUT2D eigenvalue weighted by Gasteiger charge is -2.11. The molecule has 2 aromatic rings. The van der Waals surface area contributed by atoms with Crippen LogP contribution in [0.2, 0.25) is 5.02 Å². The minimum Gasteiger partial charge on any atom is -0.437 e. The summed E-state index contributed by atoms with van der Waals surface area (Å²) in [6.45, 7) is 0. The Hall–Kier alpha value is -2.14. The summed E-state index contributed by atoms with van der Waals surface area (Å²) in [5.41, 5.74) is 8.28. The summed E-state index contributed by atoms with van der Waals surface area (Å²) in [6.07, 6.45) is 6.04. The Labute approximate surface area is 121 Å². The number of nitrogens with zero attached hydrogens (tertiary/aromatic N) is 2. The number of halogens is 1. The molecule has 2 aromatic heterocycles. The third kappa shape index (κ3) is 2.44. The van der Waals surface area contributed by atoms with E-state index in [9.17, 15) is 0 Å². The van der Waals surface area contributed by atoms with E-state index in [1.165, 1.54) is 6.20 Å². The number of pyridine rings is 2. The quantitative estimate of drug-likeness (QED) is 0.672. The Balaban J connectivity index is 2.01. The number of amidine groups is 1. The summed E-state index contributed by atoms with van der Waals surface area (Å²) in [5, 5.41) is 8.14. The van der Waals surface area contributed by atoms with Crippen LogP contribution in [0.3, 0.4) is 0 Å². The van der Waals surface area contributed by atoms with Crippen molar-refractivity contribution in [2.75, 3.05) is 0 Å². The van der Waals surface area contributed by atoms with Gasteiger partial charge in [-0.15, -0.1) is 0 Å². The fourth-order valence-corrected chi connectivity index (χ4v) is 2.45. The predicted molar refractivity (Wildman–Crippen MR) is 76.6 cm³/mol. The number of hydrogen-bond acceptors (Lipinski definition) is 4. The minimum absolute atomic E-state index is 0.0582. The molecule has 3 rings (SSSR count). The number of rotatable bonds is 3. The molecule has 6 heteroatoms. The van der Waals surface area contributed by atoms with E-state index in [1.54, 1.807) is 12.3 Å². The fraction of sp³-hybridized carbons (Fsp3) is 0.214. The largest absolute Gasteiger partial charge is 0.437 e. The molecule has 2 heterocycles. The number of fused-ring (bicyclic) bond motifs is 1. The number of nitrogens with one attached hydrogen (secondary N) is 1. The molecule has 0 unspecified atom stereocenters. The van der Waals surface area contributed by atoms with Gasteiger partial charge in [0.25, 0.3) is 0 Å². The van der Waals surface area contributed by atoms with E-state index in [1.807, 2.05) is 6.07 Å². The van der Waals surface area contributed by atoms with Crippen LogP contribution >= 0.6 is 11.6 Å². The topological polar surface area (TPSA) is 84.9 Å². The van der Waals surface area contributed by atoms with E-state index in [2.05, 4.69) is 9.97 Å². The van der Waals surface area contributed by atoms with Crippen molar-refractivity contribution in [3.8, 4) is 11.6 Å². The maximum absolute atomic E-state index is 7.66. The molecule has 3 N–H and O–H groups in total. The summed E-state index contributed by atoms with van der Waals surface area (Å²) >= 11 is 5.88. The van der Waals surface area contributed by atoms with Crippen LogP contribution in [0, 0.1) is 5.41 Å². The fourth-order valence-electron chi connectivity index (χ4n) is 2.28. The molecule has 0 radical (unpaired) electrons. The highest BCUT2D eigenvalue weighted by atomic mass is 35.5. The van der Waals surface area contributed by atoms with Gasteiger partial charge in [0, 0.05) is 18.0 Å². The van der Waals surface area contributed by atoms with Gasteiger partial charge in [-0.2, -0.15) is 0 Å². The van der Waals surface area contributed by atoms with Gasteiger partial charge in [0.1, 0.15) is 11.6 Å². The van der Waals surface area contributed by atoms with Crippen LogP contribution < -0.4 is 10.5 Å². The van der Waals surface area contributed by atoms with Gasteiger partial charge in [-0.25, -0.2) is 4.98 Å². The molecule has 0 fully saturated rings. The Kier molecular flexibility index (Phi) is 3.28. The molecule has 20 heavy (non-hydrogen) atoms. The van der Waals surface area contributed by atoms with Gasteiger partial charge in [-0.1, -0.05) is 11.6 Å². The van der Waals surface area contributed by atoms with Crippen molar-refractivity contribution < 1.29 is 4.74 Å². The lowest BCUT2D eigenvalue weighted by molar-refractivity contribution is 0.457. The molecule has 0 spiro atoms. The van der Waals surface area contributed by atoms with Crippen molar-refractivity contribution in [1.82, 2.24) is 9.97 Å².